The van der Waals surface area contributed by atoms with Crippen LogP contribution in [0, 0.1) is 13.8 Å². The van der Waals surface area contributed by atoms with Crippen molar-refractivity contribution >= 4 is 29.2 Å². The molecule has 2 amide bonds. The first-order chi connectivity index (χ1) is 15.5. The van der Waals surface area contributed by atoms with E-state index < -0.39 is 0 Å². The SMILES string of the molecule is Cc1ccc(CN2C(=O)CCc3c(C)nc(C4CCCN4C(=O)c4csnn4)nc32)cc1. The third-order valence-electron chi connectivity index (χ3n) is 6.21. The lowest BCUT2D eigenvalue weighted by Crippen LogP contribution is -2.37. The Bertz CT molecular complexity index is 1160. The summed E-state index contributed by atoms with van der Waals surface area (Å²) < 4.78 is 3.82. The second-order valence-electron chi connectivity index (χ2n) is 8.38. The van der Waals surface area contributed by atoms with Gasteiger partial charge in [-0.25, -0.2) is 9.97 Å². The monoisotopic (exact) mass is 448 g/mol. The summed E-state index contributed by atoms with van der Waals surface area (Å²) in [4.78, 5) is 39.1. The summed E-state index contributed by atoms with van der Waals surface area (Å²) in [7, 11) is 0. The molecule has 4 heterocycles. The molecule has 0 saturated carbocycles. The molecule has 1 saturated heterocycles. The average Bonchev–Trinajstić information content (AvgIpc) is 3.49. The van der Waals surface area contributed by atoms with Crippen LogP contribution in [0.3, 0.4) is 0 Å². The van der Waals surface area contributed by atoms with Crippen molar-refractivity contribution in [1.82, 2.24) is 24.5 Å². The quantitative estimate of drug-likeness (QED) is 0.607. The van der Waals surface area contributed by atoms with Gasteiger partial charge in [0.2, 0.25) is 5.91 Å². The minimum Gasteiger partial charge on any atom is -0.327 e. The highest BCUT2D eigenvalue weighted by Crippen LogP contribution is 2.35. The van der Waals surface area contributed by atoms with Gasteiger partial charge in [0.15, 0.2) is 11.5 Å². The predicted octanol–water partition coefficient (Wildman–Crippen LogP) is 3.40. The lowest BCUT2D eigenvalue weighted by Gasteiger charge is -2.31. The van der Waals surface area contributed by atoms with Crippen LogP contribution in [0.4, 0.5) is 5.82 Å². The second kappa shape index (κ2) is 8.38. The van der Waals surface area contributed by atoms with Crippen molar-refractivity contribution < 1.29 is 9.59 Å². The highest BCUT2D eigenvalue weighted by Gasteiger charge is 2.36. The summed E-state index contributed by atoms with van der Waals surface area (Å²) in [5.41, 5.74) is 4.48. The standard InChI is InChI=1S/C23H24N6O2S/c1-14-5-7-16(8-6-14)12-29-20(30)10-9-17-15(2)24-21(25-22(17)29)19-4-3-11-28(19)23(31)18-13-32-27-26-18/h5-8,13,19H,3-4,9-12H2,1-2H3. The van der Waals surface area contributed by atoms with E-state index in [1.807, 2.05) is 26.0 Å². The van der Waals surface area contributed by atoms with Crippen molar-refractivity contribution in [3.05, 3.63) is 63.5 Å². The van der Waals surface area contributed by atoms with Crippen molar-refractivity contribution in [3.8, 4) is 0 Å². The summed E-state index contributed by atoms with van der Waals surface area (Å²) in [5, 5.41) is 5.60. The van der Waals surface area contributed by atoms with Crippen molar-refractivity contribution in [3.63, 3.8) is 0 Å². The number of aromatic nitrogens is 4. The number of carbonyl (C=O) groups excluding carboxylic acids is 2. The summed E-state index contributed by atoms with van der Waals surface area (Å²) >= 11 is 1.16. The van der Waals surface area contributed by atoms with E-state index in [1.54, 1.807) is 15.2 Å². The van der Waals surface area contributed by atoms with Gasteiger partial charge in [-0.05, 0) is 50.2 Å². The summed E-state index contributed by atoms with van der Waals surface area (Å²) in [6.07, 6.45) is 2.75. The van der Waals surface area contributed by atoms with Gasteiger partial charge in [-0.1, -0.05) is 34.3 Å². The molecule has 5 rings (SSSR count). The van der Waals surface area contributed by atoms with Crippen molar-refractivity contribution in [2.45, 2.75) is 52.1 Å². The van der Waals surface area contributed by atoms with Gasteiger partial charge in [0.05, 0.1) is 12.6 Å². The van der Waals surface area contributed by atoms with Crippen LogP contribution in [0.25, 0.3) is 0 Å². The number of hydrogen-bond donors (Lipinski definition) is 0. The number of fused-ring (bicyclic) bond motifs is 1. The molecule has 164 valence electrons. The van der Waals surface area contributed by atoms with E-state index in [9.17, 15) is 9.59 Å². The smallest absolute Gasteiger partial charge is 0.275 e. The number of amides is 2. The minimum atomic E-state index is -0.230. The van der Waals surface area contributed by atoms with Crippen LogP contribution >= 0.6 is 11.5 Å². The molecule has 0 spiro atoms. The van der Waals surface area contributed by atoms with Crippen LogP contribution in [-0.4, -0.2) is 42.8 Å². The first-order valence-corrected chi connectivity index (χ1v) is 11.7. The van der Waals surface area contributed by atoms with E-state index in [2.05, 4.69) is 21.7 Å². The normalized spacial score (nSPS) is 18.2. The van der Waals surface area contributed by atoms with Crippen LogP contribution in [0.1, 0.15) is 64.0 Å². The number of benzene rings is 1. The maximum absolute atomic E-state index is 13.0. The molecule has 8 nitrogen and oxygen atoms in total. The number of nitrogens with zero attached hydrogens (tertiary/aromatic N) is 6. The Morgan fingerprint density at radius 2 is 1.97 bits per heavy atom. The number of anilines is 1. The van der Waals surface area contributed by atoms with Crippen LogP contribution in [0.5, 0.6) is 0 Å². The lowest BCUT2D eigenvalue weighted by molar-refractivity contribution is -0.119. The fourth-order valence-electron chi connectivity index (χ4n) is 4.47. The van der Waals surface area contributed by atoms with Gasteiger partial charge in [0.25, 0.3) is 5.91 Å². The maximum atomic E-state index is 13.0. The molecule has 32 heavy (non-hydrogen) atoms. The van der Waals surface area contributed by atoms with Gasteiger partial charge in [-0.15, -0.1) is 5.10 Å². The number of aryl methyl sites for hydroxylation is 2. The first kappa shape index (κ1) is 20.7. The van der Waals surface area contributed by atoms with Crippen LogP contribution in [0.2, 0.25) is 0 Å². The average molecular weight is 449 g/mol. The highest BCUT2D eigenvalue weighted by atomic mass is 32.1. The molecule has 3 aromatic rings. The molecule has 0 N–H and O–H groups in total. The molecule has 1 atom stereocenters. The van der Waals surface area contributed by atoms with Crippen LogP contribution in [0.15, 0.2) is 29.6 Å². The summed E-state index contributed by atoms with van der Waals surface area (Å²) in [5.74, 6) is 1.20. The third kappa shape index (κ3) is 3.77. The molecule has 1 aromatic carbocycles. The van der Waals surface area contributed by atoms with Crippen LogP contribution < -0.4 is 4.90 Å². The Hall–Kier alpha value is -3.20. The zero-order valence-corrected chi connectivity index (χ0v) is 18.9. The molecular weight excluding hydrogens is 424 g/mol. The fourth-order valence-corrected chi connectivity index (χ4v) is 4.90. The van der Waals surface area contributed by atoms with E-state index >= 15 is 0 Å². The molecule has 2 aliphatic heterocycles. The Labute approximate surface area is 190 Å². The van der Waals surface area contributed by atoms with E-state index in [4.69, 9.17) is 9.97 Å². The first-order valence-electron chi connectivity index (χ1n) is 10.8. The zero-order valence-electron chi connectivity index (χ0n) is 18.1. The van der Waals surface area contributed by atoms with Gasteiger partial charge >= 0.3 is 0 Å². The Morgan fingerprint density at radius 1 is 1.16 bits per heavy atom. The molecule has 0 aliphatic carbocycles. The second-order valence-corrected chi connectivity index (χ2v) is 8.99. The summed E-state index contributed by atoms with van der Waals surface area (Å²) in [6.45, 7) is 5.12. The largest absolute Gasteiger partial charge is 0.327 e. The molecule has 0 bridgehead atoms. The molecule has 2 aliphatic rings. The molecule has 1 unspecified atom stereocenters. The lowest BCUT2D eigenvalue weighted by atomic mass is 10.0. The van der Waals surface area contributed by atoms with E-state index in [0.717, 1.165) is 41.2 Å². The Morgan fingerprint density at radius 3 is 2.72 bits per heavy atom. The zero-order chi connectivity index (χ0) is 22.2. The fraction of sp³-hybridized carbons (Fsp3) is 0.391. The van der Waals surface area contributed by atoms with Gasteiger partial charge < -0.3 is 4.90 Å². The van der Waals surface area contributed by atoms with Crippen LogP contribution in [-0.2, 0) is 17.8 Å². The van der Waals surface area contributed by atoms with Gasteiger partial charge in [-0.3, -0.25) is 14.5 Å². The van der Waals surface area contributed by atoms with Crippen molar-refractivity contribution in [1.29, 1.82) is 0 Å². The van der Waals surface area contributed by atoms with Gasteiger partial charge in [0.1, 0.15) is 5.82 Å². The van der Waals surface area contributed by atoms with E-state index in [-0.39, 0.29) is 17.9 Å². The highest BCUT2D eigenvalue weighted by molar-refractivity contribution is 7.03. The maximum Gasteiger partial charge on any atom is 0.275 e. The number of carbonyl (C=O) groups is 2. The molecule has 0 radical (unpaired) electrons. The molecular formula is C23H24N6O2S. The van der Waals surface area contributed by atoms with Gasteiger partial charge in [0, 0.05) is 29.6 Å². The topological polar surface area (TPSA) is 92.2 Å². The van der Waals surface area contributed by atoms with Gasteiger partial charge in [-0.2, -0.15) is 0 Å². The van der Waals surface area contributed by atoms with E-state index in [1.165, 1.54) is 5.56 Å². The number of rotatable bonds is 4. The predicted molar refractivity (Wildman–Crippen MR) is 120 cm³/mol. The summed E-state index contributed by atoms with van der Waals surface area (Å²) in [6, 6.07) is 7.97. The van der Waals surface area contributed by atoms with Crippen molar-refractivity contribution in [2.75, 3.05) is 11.4 Å². The Kier molecular flexibility index (Phi) is 5.42. The Balaban J connectivity index is 1.50. The molecule has 9 heteroatoms. The van der Waals surface area contributed by atoms with E-state index in [0.29, 0.717) is 43.3 Å². The minimum absolute atomic E-state index is 0.0648. The molecule has 2 aromatic heterocycles. The molecule has 1 fully saturated rings. The number of likely N-dealkylation sites (tertiary alicyclic amines) is 1. The van der Waals surface area contributed by atoms with Crippen molar-refractivity contribution in [2.24, 2.45) is 0 Å². The number of hydrogen-bond acceptors (Lipinski definition) is 7. The third-order valence-corrected chi connectivity index (χ3v) is 6.71.